The van der Waals surface area contributed by atoms with Gasteiger partial charge in [-0.1, -0.05) is 28.4 Å². The Morgan fingerprint density at radius 2 is 1.97 bits per heavy atom. The van der Waals surface area contributed by atoms with E-state index in [-0.39, 0.29) is 12.1 Å². The lowest BCUT2D eigenvalue weighted by atomic mass is 10.1. The summed E-state index contributed by atoms with van der Waals surface area (Å²) in [6, 6.07) is 7.16. The predicted octanol–water partition coefficient (Wildman–Crippen LogP) is 5.12. The second-order valence-electron chi connectivity index (χ2n) is 7.03. The topological polar surface area (TPSA) is 59.8 Å². The van der Waals surface area contributed by atoms with Gasteiger partial charge in [0.2, 0.25) is 5.91 Å². The van der Waals surface area contributed by atoms with Crippen LogP contribution in [0.15, 0.2) is 34.9 Å². The predicted molar refractivity (Wildman–Crippen MR) is 107 cm³/mol. The van der Waals surface area contributed by atoms with Crippen molar-refractivity contribution in [2.75, 3.05) is 5.32 Å². The molecule has 0 spiro atoms. The van der Waals surface area contributed by atoms with Gasteiger partial charge in [-0.2, -0.15) is 18.3 Å². The molecule has 0 fully saturated rings. The molecule has 2 aromatic heterocycles. The number of benzene rings is 1. The molecule has 1 aliphatic rings. The van der Waals surface area contributed by atoms with Crippen LogP contribution in [0.1, 0.15) is 36.2 Å². The zero-order valence-corrected chi connectivity index (χ0v) is 17.0. The van der Waals surface area contributed by atoms with Gasteiger partial charge in [-0.25, -0.2) is 0 Å². The fraction of sp³-hybridized carbons (Fsp3) is 0.350. The van der Waals surface area contributed by atoms with Crippen LogP contribution in [0.25, 0.3) is 10.9 Å². The number of amides is 1. The number of hydrogen-bond acceptors (Lipinski definition) is 3. The van der Waals surface area contributed by atoms with Gasteiger partial charge < -0.3 is 5.32 Å². The van der Waals surface area contributed by atoms with Crippen LogP contribution in [0, 0.1) is 0 Å². The van der Waals surface area contributed by atoms with E-state index >= 15 is 0 Å². The summed E-state index contributed by atoms with van der Waals surface area (Å²) in [5.41, 5.74) is 0.994. The fourth-order valence-electron chi connectivity index (χ4n) is 3.77. The molecular formula is C20H18BrF3N4O. The lowest BCUT2D eigenvalue weighted by Crippen LogP contribution is -2.21. The molecule has 0 saturated heterocycles. The van der Waals surface area contributed by atoms with Crippen molar-refractivity contribution in [2.24, 2.45) is 0 Å². The van der Waals surface area contributed by atoms with Crippen LogP contribution in [0.3, 0.4) is 0 Å². The third-order valence-corrected chi connectivity index (χ3v) is 5.75. The number of carbonyl (C=O) groups excluding carboxylic acids is 1. The number of alkyl halides is 3. The van der Waals surface area contributed by atoms with E-state index in [1.807, 2.05) is 6.07 Å². The maximum absolute atomic E-state index is 13.4. The fourth-order valence-corrected chi connectivity index (χ4v) is 4.22. The molecule has 29 heavy (non-hydrogen) atoms. The Kier molecular flexibility index (Phi) is 5.33. The Balaban J connectivity index is 1.63. The first-order valence-corrected chi connectivity index (χ1v) is 10.1. The van der Waals surface area contributed by atoms with E-state index in [2.05, 4.69) is 31.3 Å². The number of hydrogen-bond donors (Lipinski definition) is 1. The maximum atomic E-state index is 13.4. The summed E-state index contributed by atoms with van der Waals surface area (Å²) >= 11 is 3.45. The number of nitrogens with one attached hydrogen (secondary N) is 1. The van der Waals surface area contributed by atoms with E-state index in [0.29, 0.717) is 36.2 Å². The molecule has 0 bridgehead atoms. The molecule has 3 aromatic rings. The van der Waals surface area contributed by atoms with E-state index in [4.69, 9.17) is 0 Å². The van der Waals surface area contributed by atoms with Gasteiger partial charge >= 0.3 is 6.18 Å². The second kappa shape index (κ2) is 7.78. The standard InChI is InChI=1S/C20H18BrF3N4O/c21-14-8-9-15(18-12(14)6-4-10-25-18)26-17(29)11-28-16-7-3-1-2-5-13(16)19(27-28)20(22,23)24/h4,6,8-10H,1-3,5,7,11H2,(H,26,29). The van der Waals surface area contributed by atoms with Crippen molar-refractivity contribution in [3.8, 4) is 0 Å². The number of nitrogens with zero attached hydrogens (tertiary/aromatic N) is 3. The third kappa shape index (κ3) is 4.01. The molecule has 4 rings (SSSR count). The summed E-state index contributed by atoms with van der Waals surface area (Å²) in [5, 5.41) is 7.37. The minimum absolute atomic E-state index is 0.235. The van der Waals surface area contributed by atoms with Gasteiger partial charge in [0.1, 0.15) is 6.54 Å². The molecule has 1 aromatic carbocycles. The molecule has 0 radical (unpaired) electrons. The lowest BCUT2D eigenvalue weighted by Gasteiger charge is -2.11. The molecule has 2 heterocycles. The number of aromatic nitrogens is 3. The van der Waals surface area contributed by atoms with Crippen molar-refractivity contribution in [2.45, 2.75) is 44.8 Å². The molecule has 5 nitrogen and oxygen atoms in total. The highest BCUT2D eigenvalue weighted by atomic mass is 79.9. The van der Waals surface area contributed by atoms with Crippen LogP contribution in [0.5, 0.6) is 0 Å². The number of rotatable bonds is 3. The van der Waals surface area contributed by atoms with E-state index in [0.717, 1.165) is 22.7 Å². The highest BCUT2D eigenvalue weighted by molar-refractivity contribution is 9.10. The molecule has 1 N–H and O–H groups in total. The van der Waals surface area contributed by atoms with Gasteiger partial charge in [0, 0.05) is 27.3 Å². The number of halogens is 4. The minimum Gasteiger partial charge on any atom is -0.323 e. The largest absolute Gasteiger partial charge is 0.435 e. The zero-order chi connectivity index (χ0) is 20.6. The minimum atomic E-state index is -4.53. The molecule has 152 valence electrons. The van der Waals surface area contributed by atoms with Crippen molar-refractivity contribution < 1.29 is 18.0 Å². The van der Waals surface area contributed by atoms with Crippen molar-refractivity contribution in [3.63, 3.8) is 0 Å². The number of pyridine rings is 1. The first-order chi connectivity index (χ1) is 13.8. The van der Waals surface area contributed by atoms with Gasteiger partial charge in [0.25, 0.3) is 0 Å². The van der Waals surface area contributed by atoms with Gasteiger partial charge in [-0.15, -0.1) is 0 Å². The number of fused-ring (bicyclic) bond motifs is 2. The second-order valence-corrected chi connectivity index (χ2v) is 7.89. The highest BCUT2D eigenvalue weighted by Crippen LogP contribution is 2.35. The van der Waals surface area contributed by atoms with E-state index in [1.54, 1.807) is 24.4 Å². The SMILES string of the molecule is O=C(Cn1nc(C(F)(F)F)c2c1CCCCC2)Nc1ccc(Br)c2cccnc12. The number of anilines is 1. The van der Waals surface area contributed by atoms with Crippen LogP contribution >= 0.6 is 15.9 Å². The lowest BCUT2D eigenvalue weighted by molar-refractivity contribution is -0.142. The Morgan fingerprint density at radius 3 is 2.76 bits per heavy atom. The summed E-state index contributed by atoms with van der Waals surface area (Å²) in [6.07, 6.45) is 0.287. The Bertz CT molecular complexity index is 1080. The summed E-state index contributed by atoms with van der Waals surface area (Å²) < 4.78 is 42.3. The molecule has 0 aliphatic heterocycles. The van der Waals surface area contributed by atoms with Gasteiger partial charge in [-0.05, 0) is 43.9 Å². The van der Waals surface area contributed by atoms with E-state index in [1.165, 1.54) is 4.68 Å². The first-order valence-electron chi connectivity index (χ1n) is 9.33. The quantitative estimate of drug-likeness (QED) is 0.544. The third-order valence-electron chi connectivity index (χ3n) is 5.06. The molecule has 1 amide bonds. The maximum Gasteiger partial charge on any atom is 0.435 e. The van der Waals surface area contributed by atoms with Crippen molar-refractivity contribution in [1.29, 1.82) is 0 Å². The van der Waals surface area contributed by atoms with Gasteiger partial charge in [0.05, 0.1) is 11.2 Å². The van der Waals surface area contributed by atoms with E-state index < -0.39 is 17.8 Å². The number of carbonyl (C=O) groups is 1. The van der Waals surface area contributed by atoms with Crippen LogP contribution in [0.4, 0.5) is 18.9 Å². The first kappa shape index (κ1) is 19.9. The summed E-state index contributed by atoms with van der Waals surface area (Å²) in [5.74, 6) is -0.442. The normalized spacial score (nSPS) is 14.5. The molecular weight excluding hydrogens is 449 g/mol. The highest BCUT2D eigenvalue weighted by Gasteiger charge is 2.39. The van der Waals surface area contributed by atoms with Crippen LogP contribution in [-0.2, 0) is 30.4 Å². The molecule has 0 unspecified atom stereocenters. The molecule has 0 saturated carbocycles. The summed E-state index contributed by atoms with van der Waals surface area (Å²) in [6.45, 7) is -0.275. The molecule has 1 aliphatic carbocycles. The molecule has 9 heteroatoms. The van der Waals surface area contributed by atoms with Crippen molar-refractivity contribution in [3.05, 3.63) is 51.9 Å². The monoisotopic (exact) mass is 466 g/mol. The van der Waals surface area contributed by atoms with Crippen molar-refractivity contribution >= 4 is 38.4 Å². The van der Waals surface area contributed by atoms with Crippen LogP contribution in [0.2, 0.25) is 0 Å². The summed E-state index contributed by atoms with van der Waals surface area (Å²) in [4.78, 5) is 17.0. The van der Waals surface area contributed by atoms with Crippen molar-refractivity contribution in [1.82, 2.24) is 14.8 Å². The smallest absolute Gasteiger partial charge is 0.323 e. The van der Waals surface area contributed by atoms with E-state index in [9.17, 15) is 18.0 Å². The van der Waals surface area contributed by atoms with Crippen LogP contribution < -0.4 is 5.32 Å². The average molecular weight is 467 g/mol. The molecule has 0 atom stereocenters. The van der Waals surface area contributed by atoms with Gasteiger partial charge in [0.15, 0.2) is 5.69 Å². The Hall–Kier alpha value is -2.42. The van der Waals surface area contributed by atoms with Crippen LogP contribution in [-0.4, -0.2) is 20.7 Å². The average Bonchev–Trinajstić information content (AvgIpc) is 2.86. The van der Waals surface area contributed by atoms with Gasteiger partial charge in [-0.3, -0.25) is 14.5 Å². The Labute approximate surface area is 173 Å². The Morgan fingerprint density at radius 1 is 1.17 bits per heavy atom. The zero-order valence-electron chi connectivity index (χ0n) is 15.4. The summed E-state index contributed by atoms with van der Waals surface area (Å²) in [7, 11) is 0.